The van der Waals surface area contributed by atoms with Crippen molar-refractivity contribution in [3.05, 3.63) is 23.9 Å². The molecule has 0 saturated carbocycles. The molecule has 1 unspecified atom stereocenters. The third kappa shape index (κ3) is 3.36. The summed E-state index contributed by atoms with van der Waals surface area (Å²) in [7, 11) is 0. The summed E-state index contributed by atoms with van der Waals surface area (Å²) in [5.41, 5.74) is 6.96. The fourth-order valence-corrected chi connectivity index (χ4v) is 1.70. The Morgan fingerprint density at radius 1 is 1.43 bits per heavy atom. The maximum absolute atomic E-state index is 5.77. The number of nitrogen functional groups attached to an aromatic ring is 1. The molecule has 0 amide bonds. The lowest BCUT2D eigenvalue weighted by Gasteiger charge is -2.10. The number of anilines is 1. The number of nitrogens with two attached hydrogens (primary N) is 1. The molecule has 14 heavy (non-hydrogen) atoms. The van der Waals surface area contributed by atoms with Gasteiger partial charge in [-0.2, -0.15) is 0 Å². The molecule has 0 aliphatic rings. The van der Waals surface area contributed by atoms with Crippen LogP contribution in [0.4, 0.5) is 5.82 Å². The van der Waals surface area contributed by atoms with Gasteiger partial charge in [0.1, 0.15) is 5.82 Å². The van der Waals surface area contributed by atoms with E-state index in [2.05, 4.69) is 24.9 Å². The van der Waals surface area contributed by atoms with Crippen LogP contribution >= 0.6 is 0 Å². The number of rotatable bonds is 5. The van der Waals surface area contributed by atoms with E-state index >= 15 is 0 Å². The van der Waals surface area contributed by atoms with Gasteiger partial charge in [0.25, 0.3) is 0 Å². The summed E-state index contributed by atoms with van der Waals surface area (Å²) in [5.74, 6) is 1.48. The van der Waals surface area contributed by atoms with Crippen molar-refractivity contribution in [1.82, 2.24) is 4.98 Å². The first-order chi connectivity index (χ1) is 6.74. The second-order valence-corrected chi connectivity index (χ2v) is 3.98. The largest absolute Gasteiger partial charge is 0.383 e. The van der Waals surface area contributed by atoms with Crippen LogP contribution in [-0.2, 0) is 6.42 Å². The van der Waals surface area contributed by atoms with Crippen LogP contribution in [0.15, 0.2) is 18.3 Å². The standard InChI is InChI=1S/C12H20N2/c1-3-5-10(2)7-8-11-6-4-9-14-12(11)13/h4,6,9-10H,3,5,7-8H2,1-2H3,(H2,13,14). The Hall–Kier alpha value is -1.05. The van der Waals surface area contributed by atoms with Crippen LogP contribution in [-0.4, -0.2) is 4.98 Å². The highest BCUT2D eigenvalue weighted by Crippen LogP contribution is 2.16. The lowest BCUT2D eigenvalue weighted by Crippen LogP contribution is -2.01. The molecular formula is C12H20N2. The summed E-state index contributed by atoms with van der Waals surface area (Å²) in [4.78, 5) is 4.08. The van der Waals surface area contributed by atoms with Crippen LogP contribution in [0.5, 0.6) is 0 Å². The highest BCUT2D eigenvalue weighted by atomic mass is 14.8. The van der Waals surface area contributed by atoms with E-state index in [9.17, 15) is 0 Å². The Balaban J connectivity index is 2.41. The van der Waals surface area contributed by atoms with E-state index in [1.807, 2.05) is 6.07 Å². The second kappa shape index (κ2) is 5.63. The van der Waals surface area contributed by atoms with E-state index in [-0.39, 0.29) is 0 Å². The van der Waals surface area contributed by atoms with Crippen LogP contribution in [0.2, 0.25) is 0 Å². The van der Waals surface area contributed by atoms with Crippen LogP contribution in [0.3, 0.4) is 0 Å². The number of hydrogen-bond acceptors (Lipinski definition) is 2. The lowest BCUT2D eigenvalue weighted by atomic mass is 9.97. The topological polar surface area (TPSA) is 38.9 Å². The zero-order valence-corrected chi connectivity index (χ0v) is 9.16. The molecule has 0 fully saturated rings. The Morgan fingerprint density at radius 2 is 2.21 bits per heavy atom. The van der Waals surface area contributed by atoms with Crippen molar-refractivity contribution in [3.8, 4) is 0 Å². The SMILES string of the molecule is CCCC(C)CCc1cccnc1N. The van der Waals surface area contributed by atoms with Gasteiger partial charge in [0, 0.05) is 6.20 Å². The Morgan fingerprint density at radius 3 is 2.86 bits per heavy atom. The van der Waals surface area contributed by atoms with Gasteiger partial charge in [0.05, 0.1) is 0 Å². The molecular weight excluding hydrogens is 172 g/mol. The van der Waals surface area contributed by atoms with E-state index in [1.54, 1.807) is 6.20 Å². The molecule has 0 radical (unpaired) electrons. The quantitative estimate of drug-likeness (QED) is 0.778. The summed E-state index contributed by atoms with van der Waals surface area (Å²) >= 11 is 0. The third-order valence-electron chi connectivity index (χ3n) is 2.61. The highest BCUT2D eigenvalue weighted by Gasteiger charge is 2.03. The van der Waals surface area contributed by atoms with Crippen LogP contribution in [0, 0.1) is 5.92 Å². The molecule has 2 N–H and O–H groups in total. The highest BCUT2D eigenvalue weighted by molar-refractivity contribution is 5.38. The summed E-state index contributed by atoms with van der Waals surface area (Å²) < 4.78 is 0. The van der Waals surface area contributed by atoms with Crippen LogP contribution in [0.1, 0.15) is 38.7 Å². The number of pyridine rings is 1. The van der Waals surface area contributed by atoms with Crippen molar-refractivity contribution in [1.29, 1.82) is 0 Å². The van der Waals surface area contributed by atoms with Crippen molar-refractivity contribution in [2.75, 3.05) is 5.73 Å². The summed E-state index contributed by atoms with van der Waals surface area (Å²) in [6, 6.07) is 4.02. The van der Waals surface area contributed by atoms with Crippen molar-refractivity contribution in [3.63, 3.8) is 0 Å². The second-order valence-electron chi connectivity index (χ2n) is 3.98. The molecule has 2 nitrogen and oxygen atoms in total. The zero-order chi connectivity index (χ0) is 10.4. The Kier molecular flexibility index (Phi) is 4.44. The van der Waals surface area contributed by atoms with E-state index in [1.165, 1.54) is 24.8 Å². The van der Waals surface area contributed by atoms with Gasteiger partial charge in [-0.1, -0.05) is 32.8 Å². The molecule has 1 heterocycles. The lowest BCUT2D eigenvalue weighted by molar-refractivity contribution is 0.486. The molecule has 0 aromatic carbocycles. The smallest absolute Gasteiger partial charge is 0.126 e. The van der Waals surface area contributed by atoms with E-state index in [4.69, 9.17) is 5.73 Å². The van der Waals surface area contributed by atoms with Crippen molar-refractivity contribution in [2.24, 2.45) is 5.92 Å². The molecule has 78 valence electrons. The van der Waals surface area contributed by atoms with Gasteiger partial charge < -0.3 is 5.73 Å². The monoisotopic (exact) mass is 192 g/mol. The van der Waals surface area contributed by atoms with Gasteiger partial charge in [-0.15, -0.1) is 0 Å². The molecule has 0 saturated heterocycles. The van der Waals surface area contributed by atoms with Gasteiger partial charge in [0.2, 0.25) is 0 Å². The summed E-state index contributed by atoms with van der Waals surface area (Å²) in [6.07, 6.45) is 6.59. The molecule has 1 aromatic heterocycles. The minimum atomic E-state index is 0.691. The van der Waals surface area contributed by atoms with Crippen molar-refractivity contribution >= 4 is 5.82 Å². The van der Waals surface area contributed by atoms with Crippen LogP contribution < -0.4 is 5.73 Å². The maximum Gasteiger partial charge on any atom is 0.126 e. The Labute approximate surface area is 86.5 Å². The fraction of sp³-hybridized carbons (Fsp3) is 0.583. The van der Waals surface area contributed by atoms with Gasteiger partial charge in [-0.3, -0.25) is 0 Å². The predicted molar refractivity (Wildman–Crippen MR) is 61.0 cm³/mol. The number of aromatic nitrogens is 1. The number of aryl methyl sites for hydroxylation is 1. The fourth-order valence-electron chi connectivity index (χ4n) is 1.70. The molecule has 0 spiro atoms. The maximum atomic E-state index is 5.77. The van der Waals surface area contributed by atoms with Gasteiger partial charge in [0.15, 0.2) is 0 Å². The first kappa shape index (κ1) is 11.0. The Bertz CT molecular complexity index is 271. The minimum Gasteiger partial charge on any atom is -0.383 e. The van der Waals surface area contributed by atoms with Gasteiger partial charge in [-0.05, 0) is 30.4 Å². The van der Waals surface area contributed by atoms with E-state index in [0.717, 1.165) is 12.3 Å². The normalized spacial score (nSPS) is 12.7. The average molecular weight is 192 g/mol. The van der Waals surface area contributed by atoms with Crippen molar-refractivity contribution < 1.29 is 0 Å². The first-order valence-corrected chi connectivity index (χ1v) is 5.43. The predicted octanol–water partition coefficient (Wildman–Crippen LogP) is 3.03. The molecule has 0 aliphatic heterocycles. The minimum absolute atomic E-state index is 0.691. The molecule has 0 aliphatic carbocycles. The van der Waals surface area contributed by atoms with E-state index in [0.29, 0.717) is 5.82 Å². The van der Waals surface area contributed by atoms with E-state index < -0.39 is 0 Å². The molecule has 0 bridgehead atoms. The van der Waals surface area contributed by atoms with Crippen molar-refractivity contribution in [2.45, 2.75) is 39.5 Å². The summed E-state index contributed by atoms with van der Waals surface area (Å²) in [6.45, 7) is 4.53. The zero-order valence-electron chi connectivity index (χ0n) is 9.16. The third-order valence-corrected chi connectivity index (χ3v) is 2.61. The molecule has 1 rings (SSSR count). The number of hydrogen-bond donors (Lipinski definition) is 1. The first-order valence-electron chi connectivity index (χ1n) is 5.43. The number of nitrogens with zero attached hydrogens (tertiary/aromatic N) is 1. The van der Waals surface area contributed by atoms with Gasteiger partial charge in [-0.25, -0.2) is 4.98 Å². The summed E-state index contributed by atoms with van der Waals surface area (Å²) in [5, 5.41) is 0. The molecule has 2 heteroatoms. The molecule has 1 aromatic rings. The van der Waals surface area contributed by atoms with Gasteiger partial charge >= 0.3 is 0 Å². The molecule has 1 atom stereocenters. The van der Waals surface area contributed by atoms with Crippen LogP contribution in [0.25, 0.3) is 0 Å². The average Bonchev–Trinajstić information content (AvgIpc) is 2.17.